The predicted octanol–water partition coefficient (Wildman–Crippen LogP) is 3.02. The lowest BCUT2D eigenvalue weighted by molar-refractivity contribution is 0.110. The maximum Gasteiger partial charge on any atom is 0.317 e. The molecule has 0 aliphatic carbocycles. The molecule has 1 N–H and O–H groups in total. The van der Waals surface area contributed by atoms with Crippen molar-refractivity contribution in [3.05, 3.63) is 0 Å². The van der Waals surface area contributed by atoms with Crippen LogP contribution in [0.25, 0.3) is 0 Å². The van der Waals surface area contributed by atoms with Crippen LogP contribution in [0.15, 0.2) is 0 Å². The smallest absolute Gasteiger partial charge is 0.317 e. The molecule has 19 heavy (non-hydrogen) atoms. The molecule has 1 aliphatic heterocycles. The standard InChI is InChI=1S/C15H30N2O2/c1-5-13(3)7-8-15(6-2)9-10-17(11-12-19-4)14(18)16-15/h13H,5-12H2,1-4H3,(H,16,18). The van der Waals surface area contributed by atoms with Crippen LogP contribution in [0.5, 0.6) is 0 Å². The number of hydrogen-bond acceptors (Lipinski definition) is 2. The molecule has 0 spiro atoms. The van der Waals surface area contributed by atoms with Crippen molar-refractivity contribution in [3.63, 3.8) is 0 Å². The molecular weight excluding hydrogens is 240 g/mol. The van der Waals surface area contributed by atoms with Crippen molar-refractivity contribution >= 4 is 6.03 Å². The van der Waals surface area contributed by atoms with E-state index in [2.05, 4.69) is 26.1 Å². The number of urea groups is 1. The summed E-state index contributed by atoms with van der Waals surface area (Å²) in [4.78, 5) is 14.0. The summed E-state index contributed by atoms with van der Waals surface area (Å²) < 4.78 is 5.04. The van der Waals surface area contributed by atoms with E-state index in [0.717, 1.165) is 31.7 Å². The average molecular weight is 270 g/mol. The van der Waals surface area contributed by atoms with Crippen molar-refractivity contribution in [1.29, 1.82) is 0 Å². The fourth-order valence-corrected chi connectivity index (χ4v) is 2.59. The number of rotatable bonds is 8. The third kappa shape index (κ3) is 4.68. The number of carbonyl (C=O) groups excluding carboxylic acids is 1. The lowest BCUT2D eigenvalue weighted by Crippen LogP contribution is -2.60. The van der Waals surface area contributed by atoms with E-state index in [1.807, 2.05) is 4.90 Å². The Hall–Kier alpha value is -0.770. The van der Waals surface area contributed by atoms with E-state index in [-0.39, 0.29) is 11.6 Å². The normalized spacial score (nSPS) is 25.3. The average Bonchev–Trinajstić information content (AvgIpc) is 2.43. The lowest BCUT2D eigenvalue weighted by Gasteiger charge is -2.42. The van der Waals surface area contributed by atoms with E-state index >= 15 is 0 Å². The number of nitrogens with one attached hydrogen (secondary N) is 1. The number of ether oxygens (including phenoxy) is 1. The van der Waals surface area contributed by atoms with Gasteiger partial charge in [0.2, 0.25) is 0 Å². The van der Waals surface area contributed by atoms with Crippen molar-refractivity contribution in [2.24, 2.45) is 5.92 Å². The number of amides is 2. The Morgan fingerprint density at radius 3 is 2.74 bits per heavy atom. The Balaban J connectivity index is 2.51. The van der Waals surface area contributed by atoms with Gasteiger partial charge in [0, 0.05) is 25.7 Å². The van der Waals surface area contributed by atoms with Crippen LogP contribution >= 0.6 is 0 Å². The summed E-state index contributed by atoms with van der Waals surface area (Å²) >= 11 is 0. The first kappa shape index (κ1) is 16.3. The zero-order chi connectivity index (χ0) is 14.3. The van der Waals surface area contributed by atoms with Crippen molar-refractivity contribution in [1.82, 2.24) is 10.2 Å². The topological polar surface area (TPSA) is 41.6 Å². The summed E-state index contributed by atoms with van der Waals surface area (Å²) in [7, 11) is 1.67. The summed E-state index contributed by atoms with van der Waals surface area (Å²) in [5, 5.41) is 3.25. The second-order valence-corrected chi connectivity index (χ2v) is 5.85. The van der Waals surface area contributed by atoms with Crippen LogP contribution in [-0.2, 0) is 4.74 Å². The fourth-order valence-electron chi connectivity index (χ4n) is 2.59. The molecule has 0 aromatic rings. The highest BCUT2D eigenvalue weighted by Gasteiger charge is 2.36. The van der Waals surface area contributed by atoms with E-state index in [1.54, 1.807) is 7.11 Å². The first-order chi connectivity index (χ1) is 9.06. The number of carbonyl (C=O) groups is 1. The minimum Gasteiger partial charge on any atom is -0.383 e. The predicted molar refractivity (Wildman–Crippen MR) is 78.3 cm³/mol. The minimum absolute atomic E-state index is 0.0179. The lowest BCUT2D eigenvalue weighted by atomic mass is 9.82. The fraction of sp³-hybridized carbons (Fsp3) is 0.933. The Kier molecular flexibility index (Phi) is 6.63. The molecule has 0 saturated carbocycles. The molecule has 1 rings (SSSR count). The van der Waals surface area contributed by atoms with Gasteiger partial charge in [-0.1, -0.05) is 27.2 Å². The Morgan fingerprint density at radius 1 is 1.47 bits per heavy atom. The summed E-state index contributed by atoms with van der Waals surface area (Å²) in [5.41, 5.74) is 0.0179. The van der Waals surface area contributed by atoms with E-state index in [1.165, 1.54) is 12.8 Å². The van der Waals surface area contributed by atoms with Gasteiger partial charge in [-0.2, -0.15) is 0 Å². The molecule has 1 saturated heterocycles. The van der Waals surface area contributed by atoms with Gasteiger partial charge in [-0.3, -0.25) is 0 Å². The zero-order valence-corrected chi connectivity index (χ0v) is 13.0. The molecule has 1 heterocycles. The minimum atomic E-state index is 0.0179. The molecule has 0 aromatic heterocycles. The molecule has 1 fully saturated rings. The first-order valence-corrected chi connectivity index (χ1v) is 7.63. The maximum absolute atomic E-state index is 12.1. The highest BCUT2D eigenvalue weighted by molar-refractivity contribution is 5.76. The van der Waals surface area contributed by atoms with Crippen LogP contribution in [0.2, 0.25) is 0 Å². The van der Waals surface area contributed by atoms with Gasteiger partial charge in [0.1, 0.15) is 0 Å². The van der Waals surface area contributed by atoms with Crippen LogP contribution in [0.1, 0.15) is 52.9 Å². The van der Waals surface area contributed by atoms with Crippen molar-refractivity contribution < 1.29 is 9.53 Å². The zero-order valence-electron chi connectivity index (χ0n) is 13.0. The van der Waals surface area contributed by atoms with Crippen LogP contribution in [0.4, 0.5) is 4.79 Å². The molecule has 0 bridgehead atoms. The van der Waals surface area contributed by atoms with Crippen molar-refractivity contribution in [2.45, 2.75) is 58.4 Å². The van der Waals surface area contributed by atoms with E-state index in [0.29, 0.717) is 13.2 Å². The largest absolute Gasteiger partial charge is 0.383 e. The Bertz CT molecular complexity index is 283. The second kappa shape index (κ2) is 7.73. The number of methoxy groups -OCH3 is 1. The van der Waals surface area contributed by atoms with E-state index in [4.69, 9.17) is 4.74 Å². The second-order valence-electron chi connectivity index (χ2n) is 5.85. The summed E-state index contributed by atoms with van der Waals surface area (Å²) in [6, 6.07) is 0.0781. The number of nitrogens with zero attached hydrogens (tertiary/aromatic N) is 1. The summed E-state index contributed by atoms with van der Waals surface area (Å²) in [5.74, 6) is 0.742. The Labute approximate surface area is 117 Å². The molecule has 4 heteroatoms. The quantitative estimate of drug-likeness (QED) is 0.736. The molecule has 2 amide bonds. The van der Waals surface area contributed by atoms with Crippen molar-refractivity contribution in [2.75, 3.05) is 26.8 Å². The molecule has 0 radical (unpaired) electrons. The van der Waals surface area contributed by atoms with E-state index < -0.39 is 0 Å². The first-order valence-electron chi connectivity index (χ1n) is 7.63. The molecule has 4 nitrogen and oxygen atoms in total. The molecule has 112 valence electrons. The van der Waals surface area contributed by atoms with E-state index in [9.17, 15) is 4.79 Å². The maximum atomic E-state index is 12.1. The number of hydrogen-bond donors (Lipinski definition) is 1. The third-order valence-corrected chi connectivity index (χ3v) is 4.57. The highest BCUT2D eigenvalue weighted by Crippen LogP contribution is 2.28. The van der Waals surface area contributed by atoms with Gasteiger partial charge in [0.05, 0.1) is 6.61 Å². The van der Waals surface area contributed by atoms with Gasteiger partial charge in [-0.05, 0) is 31.6 Å². The highest BCUT2D eigenvalue weighted by atomic mass is 16.5. The van der Waals surface area contributed by atoms with Gasteiger partial charge in [0.15, 0.2) is 0 Å². The van der Waals surface area contributed by atoms with Crippen LogP contribution in [0.3, 0.4) is 0 Å². The van der Waals surface area contributed by atoms with Gasteiger partial charge < -0.3 is 15.0 Å². The third-order valence-electron chi connectivity index (χ3n) is 4.57. The molecule has 0 aromatic carbocycles. The van der Waals surface area contributed by atoms with Gasteiger partial charge in [-0.25, -0.2) is 4.79 Å². The van der Waals surface area contributed by atoms with Gasteiger partial charge >= 0.3 is 6.03 Å². The van der Waals surface area contributed by atoms with Gasteiger partial charge in [0.25, 0.3) is 0 Å². The van der Waals surface area contributed by atoms with Crippen molar-refractivity contribution in [3.8, 4) is 0 Å². The summed E-state index contributed by atoms with van der Waals surface area (Å²) in [6.07, 6.45) is 5.58. The van der Waals surface area contributed by atoms with Gasteiger partial charge in [-0.15, -0.1) is 0 Å². The monoisotopic (exact) mass is 270 g/mol. The molecular formula is C15H30N2O2. The van der Waals surface area contributed by atoms with Crippen LogP contribution in [0, 0.1) is 5.92 Å². The molecule has 1 aliphatic rings. The SMILES string of the molecule is CCC(C)CCC1(CC)CCN(CCOC)C(=O)N1. The Morgan fingerprint density at radius 2 is 2.21 bits per heavy atom. The van der Waals surface area contributed by atoms with Crippen LogP contribution in [-0.4, -0.2) is 43.3 Å². The van der Waals surface area contributed by atoms with Crippen LogP contribution < -0.4 is 5.32 Å². The molecule has 2 atom stereocenters. The molecule has 2 unspecified atom stereocenters. The summed E-state index contributed by atoms with van der Waals surface area (Å²) in [6.45, 7) is 8.85.